The van der Waals surface area contributed by atoms with E-state index >= 15 is 0 Å². The molecular weight excluding hydrogens is 504 g/mol. The Morgan fingerprint density at radius 3 is 2.72 bits per heavy atom. The molecule has 0 amide bonds. The smallest absolute Gasteiger partial charge is 0.228 e. The van der Waals surface area contributed by atoms with Gasteiger partial charge in [-0.1, -0.05) is 0 Å². The van der Waals surface area contributed by atoms with Crippen molar-refractivity contribution in [2.24, 2.45) is 5.14 Å². The van der Waals surface area contributed by atoms with E-state index in [2.05, 4.69) is 25.6 Å². The molecule has 36 heavy (non-hydrogen) atoms. The van der Waals surface area contributed by atoms with E-state index in [1.54, 1.807) is 6.07 Å². The molecule has 4 N–H and O–H groups in total. The molecule has 1 saturated heterocycles. The van der Waals surface area contributed by atoms with Gasteiger partial charge in [-0.15, -0.1) is 0 Å². The van der Waals surface area contributed by atoms with Crippen LogP contribution in [0.15, 0.2) is 36.7 Å². The van der Waals surface area contributed by atoms with Crippen LogP contribution < -0.4 is 20.5 Å². The molecule has 1 aliphatic heterocycles. The number of benzene rings is 1. The minimum Gasteiger partial charge on any atom is -0.435 e. The van der Waals surface area contributed by atoms with Crippen LogP contribution in [0, 0.1) is 17.5 Å². The maximum Gasteiger partial charge on any atom is 0.228 e. The van der Waals surface area contributed by atoms with Gasteiger partial charge in [0.2, 0.25) is 27.7 Å². The van der Waals surface area contributed by atoms with Gasteiger partial charge in [0, 0.05) is 49.6 Å². The van der Waals surface area contributed by atoms with Crippen LogP contribution in [0.25, 0.3) is 11.3 Å². The third kappa shape index (κ3) is 6.06. The molecule has 14 heteroatoms. The first kappa shape index (κ1) is 25.7. The third-order valence-corrected chi connectivity index (χ3v) is 6.06. The lowest BCUT2D eigenvalue weighted by atomic mass is 9.95. The highest BCUT2D eigenvalue weighted by Crippen LogP contribution is 2.34. The summed E-state index contributed by atoms with van der Waals surface area (Å²) in [7, 11) is -4.32. The predicted octanol–water partition coefficient (Wildman–Crippen LogP) is 3.04. The van der Waals surface area contributed by atoms with Gasteiger partial charge in [-0.05, 0) is 25.1 Å². The van der Waals surface area contributed by atoms with Gasteiger partial charge in [0.1, 0.15) is 11.5 Å². The fourth-order valence-electron chi connectivity index (χ4n) is 3.82. The van der Waals surface area contributed by atoms with Crippen LogP contribution in [-0.2, 0) is 15.8 Å². The van der Waals surface area contributed by atoms with E-state index in [0.717, 1.165) is 0 Å². The largest absolute Gasteiger partial charge is 0.435 e. The second-order valence-electron chi connectivity index (χ2n) is 8.58. The number of ether oxygens (including phenoxy) is 1. The number of alkyl halides is 1. The lowest BCUT2D eigenvalue weighted by Gasteiger charge is -2.33. The molecule has 0 unspecified atom stereocenters. The summed E-state index contributed by atoms with van der Waals surface area (Å²) in [6.45, 7) is 2.24. The molecule has 1 fully saturated rings. The number of rotatable bonds is 7. The summed E-state index contributed by atoms with van der Waals surface area (Å²) in [4.78, 5) is 12.5. The Balaban J connectivity index is 1.62. The number of nitrogens with one attached hydrogen (secondary N) is 2. The SMILES string of the molecule is C[C@@]1(F)CNC[C@@H](Nc2nccc(-c3cccnc3Oc3cc(F)c(CS(N)(=O)=O)c(F)c3F)n2)C1. The zero-order chi connectivity index (χ0) is 26.1. The molecule has 0 radical (unpaired) electrons. The molecule has 0 saturated carbocycles. The molecule has 2 aromatic heterocycles. The summed E-state index contributed by atoms with van der Waals surface area (Å²) in [6.07, 6.45) is 3.00. The average Bonchev–Trinajstić information content (AvgIpc) is 2.79. The number of nitrogens with zero attached hydrogens (tertiary/aromatic N) is 3. The average molecular weight is 527 g/mol. The number of aromatic nitrogens is 3. The lowest BCUT2D eigenvalue weighted by molar-refractivity contribution is 0.137. The zero-order valence-electron chi connectivity index (χ0n) is 18.9. The summed E-state index contributed by atoms with van der Waals surface area (Å²) in [6, 6.07) is 4.83. The quantitative estimate of drug-likeness (QED) is 0.316. The van der Waals surface area contributed by atoms with Crippen LogP contribution >= 0.6 is 0 Å². The molecule has 3 heterocycles. The van der Waals surface area contributed by atoms with E-state index in [0.29, 0.717) is 12.6 Å². The van der Waals surface area contributed by atoms with Crippen molar-refractivity contribution in [3.8, 4) is 22.9 Å². The van der Waals surface area contributed by atoms with Crippen molar-refractivity contribution in [1.82, 2.24) is 20.3 Å². The van der Waals surface area contributed by atoms with Gasteiger partial charge in [0.25, 0.3) is 0 Å². The molecule has 1 aromatic carbocycles. The van der Waals surface area contributed by atoms with Crippen LogP contribution in [0.2, 0.25) is 0 Å². The molecule has 4 rings (SSSR count). The molecule has 2 atom stereocenters. The zero-order valence-corrected chi connectivity index (χ0v) is 19.8. The topological polar surface area (TPSA) is 132 Å². The number of pyridine rings is 1. The van der Waals surface area contributed by atoms with Crippen molar-refractivity contribution in [2.75, 3.05) is 18.4 Å². The van der Waals surface area contributed by atoms with Crippen molar-refractivity contribution in [1.29, 1.82) is 0 Å². The van der Waals surface area contributed by atoms with Crippen molar-refractivity contribution >= 4 is 16.0 Å². The number of piperidine rings is 1. The van der Waals surface area contributed by atoms with Crippen LogP contribution in [0.5, 0.6) is 11.6 Å². The highest BCUT2D eigenvalue weighted by molar-refractivity contribution is 7.88. The fourth-order valence-corrected chi connectivity index (χ4v) is 4.49. The highest BCUT2D eigenvalue weighted by atomic mass is 32.2. The molecule has 1 aliphatic rings. The third-order valence-electron chi connectivity index (χ3n) is 5.36. The van der Waals surface area contributed by atoms with E-state index in [4.69, 9.17) is 9.88 Å². The molecule has 3 aromatic rings. The van der Waals surface area contributed by atoms with E-state index in [9.17, 15) is 26.0 Å². The Bertz CT molecular complexity index is 1390. The number of hydrogen-bond acceptors (Lipinski definition) is 8. The number of sulfonamides is 1. The first-order valence-electron chi connectivity index (χ1n) is 10.7. The minimum atomic E-state index is -4.32. The molecule has 0 bridgehead atoms. The van der Waals surface area contributed by atoms with Gasteiger partial charge in [-0.25, -0.2) is 41.7 Å². The van der Waals surface area contributed by atoms with E-state index < -0.39 is 50.2 Å². The Morgan fingerprint density at radius 2 is 2.00 bits per heavy atom. The maximum atomic E-state index is 14.6. The van der Waals surface area contributed by atoms with E-state index in [1.165, 1.54) is 31.5 Å². The molecule has 0 aliphatic carbocycles. The molecule has 192 valence electrons. The molecular formula is C22H22F4N6O3S. The fraction of sp³-hybridized carbons (Fsp3) is 0.318. The second-order valence-corrected chi connectivity index (χ2v) is 10.2. The Labute approximate surface area is 204 Å². The van der Waals surface area contributed by atoms with Crippen molar-refractivity contribution < 1.29 is 30.7 Å². The number of nitrogens with two attached hydrogens (primary N) is 1. The second kappa shape index (κ2) is 9.95. The van der Waals surface area contributed by atoms with Gasteiger partial charge in [0.05, 0.1) is 17.0 Å². The minimum absolute atomic E-state index is 0.197. The van der Waals surface area contributed by atoms with Gasteiger partial charge in [-0.2, -0.15) is 4.39 Å². The van der Waals surface area contributed by atoms with Gasteiger partial charge >= 0.3 is 0 Å². The van der Waals surface area contributed by atoms with Crippen LogP contribution in [0.3, 0.4) is 0 Å². The van der Waals surface area contributed by atoms with E-state index in [1.807, 2.05) is 0 Å². The number of hydrogen-bond donors (Lipinski definition) is 3. The maximum absolute atomic E-state index is 14.6. The van der Waals surface area contributed by atoms with E-state index in [-0.39, 0.29) is 42.1 Å². The molecule has 0 spiro atoms. The first-order chi connectivity index (χ1) is 16.9. The van der Waals surface area contributed by atoms with Crippen molar-refractivity contribution in [3.05, 3.63) is 59.7 Å². The standard InChI is InChI=1S/C22H22F4N6O3S/c1-22(26)8-12(9-28-11-22)31-21-30-6-4-16(32-21)13-3-2-5-29-20(13)35-17-7-15(23)14(10-36(27,33)34)18(24)19(17)25/h2-7,12,28H,8-11H2,1H3,(H2,27,33,34)(H,30,31,32)/t12-,22-/m0/s1. The molecule has 9 nitrogen and oxygen atoms in total. The Kier molecular flexibility index (Phi) is 7.11. The Hall–Kier alpha value is -3.36. The lowest BCUT2D eigenvalue weighted by Crippen LogP contribution is -2.50. The summed E-state index contributed by atoms with van der Waals surface area (Å²) in [5.41, 5.74) is -1.91. The Morgan fingerprint density at radius 1 is 1.22 bits per heavy atom. The van der Waals surface area contributed by atoms with Gasteiger partial charge < -0.3 is 15.4 Å². The normalized spacial score (nSPS) is 20.2. The van der Waals surface area contributed by atoms with Crippen LogP contribution in [0.4, 0.5) is 23.5 Å². The number of halogens is 4. The van der Waals surface area contributed by atoms with Gasteiger partial charge in [-0.3, -0.25) is 0 Å². The van der Waals surface area contributed by atoms with Crippen molar-refractivity contribution in [3.63, 3.8) is 0 Å². The van der Waals surface area contributed by atoms with Crippen LogP contribution in [-0.4, -0.2) is 48.2 Å². The highest BCUT2D eigenvalue weighted by Gasteiger charge is 2.32. The predicted molar refractivity (Wildman–Crippen MR) is 123 cm³/mol. The number of primary sulfonamides is 1. The summed E-state index contributed by atoms with van der Waals surface area (Å²) in [5.74, 6) is -6.83. The summed E-state index contributed by atoms with van der Waals surface area (Å²) < 4.78 is 85.6. The number of anilines is 1. The van der Waals surface area contributed by atoms with Crippen LogP contribution in [0.1, 0.15) is 18.9 Å². The first-order valence-corrected chi connectivity index (χ1v) is 12.4. The summed E-state index contributed by atoms with van der Waals surface area (Å²) >= 11 is 0. The summed E-state index contributed by atoms with van der Waals surface area (Å²) in [5, 5.41) is 10.9. The monoisotopic (exact) mass is 526 g/mol. The van der Waals surface area contributed by atoms with Gasteiger partial charge in [0.15, 0.2) is 11.6 Å². The van der Waals surface area contributed by atoms with Crippen molar-refractivity contribution in [2.45, 2.75) is 30.8 Å².